The van der Waals surface area contributed by atoms with Crippen molar-refractivity contribution in [1.29, 1.82) is 0 Å². The molecule has 7 aromatic carbocycles. The molecule has 6 nitrogen and oxygen atoms in total. The molecule has 2 aliphatic heterocycles. The van der Waals surface area contributed by atoms with E-state index in [0.29, 0.717) is 41.2 Å². The molecule has 54 heavy (non-hydrogen) atoms. The predicted octanol–water partition coefficient (Wildman–Crippen LogP) is 8.72. The Labute approximate surface area is 313 Å². The van der Waals surface area contributed by atoms with E-state index in [0.717, 1.165) is 55.1 Å². The summed E-state index contributed by atoms with van der Waals surface area (Å²) in [5.74, 6) is -0.194. The summed E-state index contributed by atoms with van der Waals surface area (Å²) >= 11 is 0. The molecule has 0 fully saturated rings. The topological polar surface area (TPSA) is 85.8 Å². The summed E-state index contributed by atoms with van der Waals surface area (Å²) in [5, 5.41) is 28.8. The molecular formula is C48H38N4O2. The Hall–Kier alpha value is -6.66. The lowest BCUT2D eigenvalue weighted by Crippen LogP contribution is -2.49. The van der Waals surface area contributed by atoms with Gasteiger partial charge in [0, 0.05) is 52.2 Å². The first-order valence-corrected chi connectivity index (χ1v) is 18.5. The van der Waals surface area contributed by atoms with Crippen LogP contribution in [-0.2, 0) is 24.1 Å². The van der Waals surface area contributed by atoms with Crippen LogP contribution in [0.15, 0.2) is 162 Å². The highest BCUT2D eigenvalue weighted by molar-refractivity contribution is 6.52. The van der Waals surface area contributed by atoms with Gasteiger partial charge in [-0.25, -0.2) is 0 Å². The highest BCUT2D eigenvalue weighted by Crippen LogP contribution is 2.47. The van der Waals surface area contributed by atoms with Crippen molar-refractivity contribution in [3.05, 3.63) is 190 Å². The van der Waals surface area contributed by atoms with Crippen molar-refractivity contribution in [2.45, 2.75) is 37.5 Å². The number of nitrogens with one attached hydrogen (secondary N) is 3. The van der Waals surface area contributed by atoms with Crippen LogP contribution in [0.2, 0.25) is 0 Å². The number of Topliss-reactive ketones (excluding diaryl/α,β-unsaturated/α-hetero) is 1. The summed E-state index contributed by atoms with van der Waals surface area (Å²) < 4.78 is 0. The van der Waals surface area contributed by atoms with E-state index in [1.807, 2.05) is 60.7 Å². The Morgan fingerprint density at radius 1 is 0.556 bits per heavy atom. The number of rotatable bonds is 7. The molecule has 1 aliphatic carbocycles. The lowest BCUT2D eigenvalue weighted by atomic mass is 9.79. The van der Waals surface area contributed by atoms with E-state index in [-0.39, 0.29) is 11.5 Å². The van der Waals surface area contributed by atoms with Crippen molar-refractivity contribution in [3.63, 3.8) is 0 Å². The average Bonchev–Trinajstić information content (AvgIpc) is 3.18. The van der Waals surface area contributed by atoms with Gasteiger partial charge in [-0.05, 0) is 46.5 Å². The number of hydrogen-bond acceptors (Lipinski definition) is 6. The number of carbonyl (C=O) groups excluding carboxylic acids is 1. The maximum Gasteiger partial charge on any atom is 0.201 e. The van der Waals surface area contributed by atoms with E-state index >= 15 is 0 Å². The molecule has 0 amide bonds. The van der Waals surface area contributed by atoms with E-state index in [1.54, 1.807) is 0 Å². The van der Waals surface area contributed by atoms with Crippen LogP contribution >= 0.6 is 0 Å². The molecule has 1 unspecified atom stereocenters. The first-order chi connectivity index (χ1) is 26.4. The van der Waals surface area contributed by atoms with Gasteiger partial charge < -0.3 is 21.1 Å². The van der Waals surface area contributed by atoms with Gasteiger partial charge >= 0.3 is 0 Å². The third-order valence-electron chi connectivity index (χ3n) is 11.1. The van der Waals surface area contributed by atoms with E-state index in [2.05, 4.69) is 114 Å². The van der Waals surface area contributed by atoms with Crippen molar-refractivity contribution in [2.24, 2.45) is 4.99 Å². The number of ketones is 1. The number of nitrogens with zero attached hydrogens (tertiary/aromatic N) is 1. The van der Waals surface area contributed by atoms with Gasteiger partial charge in [-0.1, -0.05) is 140 Å². The fourth-order valence-electron chi connectivity index (χ4n) is 8.79. The molecule has 0 aromatic heterocycles. The first-order valence-electron chi connectivity index (χ1n) is 18.5. The molecule has 10 rings (SSSR count). The molecule has 2 heterocycles. The Morgan fingerprint density at radius 3 is 1.72 bits per heavy atom. The number of hydrogen-bond donors (Lipinski definition) is 4. The van der Waals surface area contributed by atoms with E-state index < -0.39 is 11.3 Å². The second-order valence-electron chi connectivity index (χ2n) is 15.0. The monoisotopic (exact) mass is 702 g/mol. The molecular weight excluding hydrogens is 665 g/mol. The summed E-state index contributed by atoms with van der Waals surface area (Å²) in [6, 6.07) is 51.6. The molecule has 0 radical (unpaired) electrons. The number of allylic oxidation sites excluding steroid dienone is 2. The minimum atomic E-state index is -0.741. The third-order valence-corrected chi connectivity index (χ3v) is 11.1. The molecule has 0 saturated heterocycles. The molecule has 6 heteroatoms. The highest BCUT2D eigenvalue weighted by Gasteiger charge is 2.41. The summed E-state index contributed by atoms with van der Waals surface area (Å²) in [4.78, 5) is 20.2. The Kier molecular flexibility index (Phi) is 7.24. The van der Waals surface area contributed by atoms with Crippen LogP contribution in [0.25, 0.3) is 32.7 Å². The third kappa shape index (κ3) is 5.25. The standard InChI is InChI=1S/C48H38N4O2/c1-47(27-30-13-5-2-6-14-30)49-37-21-11-19-33-23-25-35(43(51-47)39(33)37)41-45(53)42(46(41)54)36-26-24-34-20-12-22-38-40(34)44(36)52-48(50-38,28-31-15-7-3-8-16-31)29-32-17-9-4-10-18-32/h2-26,49-51,53H,27-29H2,1H3/b42-36-. The molecule has 3 aliphatic rings. The van der Waals surface area contributed by atoms with Gasteiger partial charge in [0.1, 0.15) is 17.1 Å². The summed E-state index contributed by atoms with van der Waals surface area (Å²) in [7, 11) is 0. The van der Waals surface area contributed by atoms with Crippen molar-refractivity contribution in [3.8, 4) is 0 Å². The normalized spacial score (nSPS) is 19.0. The zero-order valence-corrected chi connectivity index (χ0v) is 29.9. The van der Waals surface area contributed by atoms with Crippen LogP contribution < -0.4 is 26.5 Å². The molecule has 262 valence electrons. The first kappa shape index (κ1) is 32.0. The van der Waals surface area contributed by atoms with Crippen LogP contribution in [0.1, 0.15) is 29.2 Å². The smallest absolute Gasteiger partial charge is 0.201 e. The Bertz CT molecular complexity index is 2770. The largest absolute Gasteiger partial charge is 0.506 e. The molecule has 0 spiro atoms. The minimum Gasteiger partial charge on any atom is -0.506 e. The van der Waals surface area contributed by atoms with Crippen LogP contribution in [0.3, 0.4) is 0 Å². The molecule has 0 saturated carbocycles. The number of anilines is 3. The summed E-state index contributed by atoms with van der Waals surface area (Å²) in [6.07, 6.45) is 1.97. The number of aliphatic hydroxyl groups is 1. The van der Waals surface area contributed by atoms with Gasteiger partial charge in [0.05, 0.1) is 22.2 Å². The second-order valence-corrected chi connectivity index (χ2v) is 15.0. The second kappa shape index (κ2) is 12.2. The quantitative estimate of drug-likeness (QED) is 0.134. The maximum atomic E-state index is 14.6. The van der Waals surface area contributed by atoms with Gasteiger partial charge in [0.15, 0.2) is 0 Å². The molecule has 4 N–H and O–H groups in total. The zero-order valence-electron chi connectivity index (χ0n) is 29.9. The fraction of sp³-hybridized carbons (Fsp3) is 0.125. The Balaban J connectivity index is 1.16. The molecule has 7 aromatic rings. The summed E-state index contributed by atoms with van der Waals surface area (Å²) in [6.45, 7) is 2.14. The lowest BCUT2D eigenvalue weighted by molar-refractivity contribution is -0.109. The van der Waals surface area contributed by atoms with Crippen LogP contribution in [0, 0.1) is 0 Å². The van der Waals surface area contributed by atoms with Crippen molar-refractivity contribution < 1.29 is 9.90 Å². The van der Waals surface area contributed by atoms with Crippen molar-refractivity contribution in [1.82, 2.24) is 0 Å². The average molecular weight is 703 g/mol. The van der Waals surface area contributed by atoms with Crippen molar-refractivity contribution in [2.75, 3.05) is 16.0 Å². The number of benzene rings is 7. The van der Waals surface area contributed by atoms with Crippen LogP contribution in [0.5, 0.6) is 0 Å². The van der Waals surface area contributed by atoms with Gasteiger partial charge in [0.2, 0.25) is 5.78 Å². The van der Waals surface area contributed by atoms with Crippen LogP contribution in [0.4, 0.5) is 17.1 Å². The van der Waals surface area contributed by atoms with Gasteiger partial charge in [-0.3, -0.25) is 9.79 Å². The Morgan fingerprint density at radius 2 is 1.11 bits per heavy atom. The molecule has 1 atom stereocenters. The summed E-state index contributed by atoms with van der Waals surface area (Å²) in [5.41, 5.74) is 6.32. The van der Waals surface area contributed by atoms with Gasteiger partial charge in [-0.15, -0.1) is 0 Å². The lowest BCUT2D eigenvalue weighted by Gasteiger charge is -2.40. The van der Waals surface area contributed by atoms with Gasteiger partial charge in [0.25, 0.3) is 0 Å². The SMILES string of the molecule is CC1(Cc2ccccc2)Nc2cccc3ccc(C4=C(O)/C(=c5\ccc6cccc7c6c5=NC(Cc5ccccc5)(Cc5ccccc5)N7)C4=O)c(c23)N1. The van der Waals surface area contributed by atoms with Gasteiger partial charge in [-0.2, -0.15) is 0 Å². The zero-order chi connectivity index (χ0) is 36.4. The highest BCUT2D eigenvalue weighted by atomic mass is 16.3. The van der Waals surface area contributed by atoms with E-state index in [4.69, 9.17) is 4.99 Å². The van der Waals surface area contributed by atoms with Crippen molar-refractivity contribution >= 4 is 55.5 Å². The maximum absolute atomic E-state index is 14.6. The molecule has 0 bridgehead atoms. The van der Waals surface area contributed by atoms with Crippen LogP contribution in [-0.4, -0.2) is 22.2 Å². The predicted molar refractivity (Wildman–Crippen MR) is 219 cm³/mol. The minimum absolute atomic E-state index is 0.00305. The number of carbonyl (C=O) groups is 1. The fourth-order valence-corrected chi connectivity index (χ4v) is 8.79. The van der Waals surface area contributed by atoms with E-state index in [1.165, 1.54) is 5.56 Å². The number of aliphatic hydroxyl groups excluding tert-OH is 1. The van der Waals surface area contributed by atoms with E-state index in [9.17, 15) is 9.90 Å².